The van der Waals surface area contributed by atoms with Gasteiger partial charge in [-0.15, -0.1) is 0 Å². The summed E-state index contributed by atoms with van der Waals surface area (Å²) in [4.78, 5) is 0. The van der Waals surface area contributed by atoms with E-state index in [1.807, 2.05) is 0 Å². The smallest absolute Gasteiger partial charge is 1.00 e. The van der Waals surface area contributed by atoms with Gasteiger partial charge in [0.1, 0.15) is 0 Å². The first-order valence-corrected chi connectivity index (χ1v) is 3.22. The van der Waals surface area contributed by atoms with Crippen LogP contribution in [0.4, 0.5) is 0 Å². The third-order valence-corrected chi connectivity index (χ3v) is 1.70. The summed E-state index contributed by atoms with van der Waals surface area (Å²) in [5, 5.41) is 1.61. The zero-order chi connectivity index (χ0) is 4.41. The average molecular weight is 258 g/mol. The summed E-state index contributed by atoms with van der Waals surface area (Å²) >= 11 is 0. The molecule has 0 aromatic carbocycles. The Bertz CT molecular complexity index is 112. The fourth-order valence-corrected chi connectivity index (χ4v) is 0.982. The summed E-state index contributed by atoms with van der Waals surface area (Å²) in [5.74, 6) is 0. The van der Waals surface area contributed by atoms with Gasteiger partial charge in [0.15, 0.2) is 0 Å². The van der Waals surface area contributed by atoms with Crippen LogP contribution in [0.3, 0.4) is 0 Å². The van der Waals surface area contributed by atoms with Crippen LogP contribution >= 0.6 is 0 Å². The first-order chi connectivity index (χ1) is 2.89. The van der Waals surface area contributed by atoms with E-state index in [0.717, 1.165) is 0 Å². The van der Waals surface area contributed by atoms with E-state index in [9.17, 15) is 0 Å². The van der Waals surface area contributed by atoms with Gasteiger partial charge in [-0.25, -0.2) is 0 Å². The monoisotopic (exact) mass is 256 g/mol. The molecule has 0 aromatic heterocycles. The van der Waals surface area contributed by atoms with Crippen molar-refractivity contribution in [2.24, 2.45) is 0 Å². The molecule has 0 nitrogen and oxygen atoms in total. The van der Waals surface area contributed by atoms with Gasteiger partial charge >= 0.3 is 26.2 Å². The van der Waals surface area contributed by atoms with Gasteiger partial charge in [-0.3, -0.25) is 0 Å². The summed E-state index contributed by atoms with van der Waals surface area (Å²) in [7, 11) is 1.25. The van der Waals surface area contributed by atoms with Crippen molar-refractivity contribution in [2.75, 3.05) is 0 Å². The Hall–Kier alpha value is 1.16. The first kappa shape index (κ1) is 16.6. The second-order valence-electron chi connectivity index (χ2n) is 1.65. The van der Waals surface area contributed by atoms with Crippen LogP contribution in [-0.4, -0.2) is 10.2 Å². The SMILES string of the molecule is [Cl-].[Cl-].[SiH3]C1=CC=CC1.[Zr+2]. The summed E-state index contributed by atoms with van der Waals surface area (Å²) < 4.78 is 0. The van der Waals surface area contributed by atoms with Crippen molar-refractivity contribution in [3.63, 3.8) is 0 Å². The van der Waals surface area contributed by atoms with Crippen LogP contribution in [0.15, 0.2) is 23.4 Å². The molecule has 0 heterocycles. The molecule has 0 N–H and O–H groups in total. The zero-order valence-electron chi connectivity index (χ0n) is 5.20. The molecule has 0 atom stereocenters. The van der Waals surface area contributed by atoms with Crippen LogP contribution in [0.1, 0.15) is 6.42 Å². The minimum absolute atomic E-state index is 0. The van der Waals surface area contributed by atoms with E-state index in [4.69, 9.17) is 0 Å². The molecule has 0 spiro atoms. The van der Waals surface area contributed by atoms with Crippen molar-refractivity contribution in [2.45, 2.75) is 6.42 Å². The van der Waals surface area contributed by atoms with Gasteiger partial charge in [0.25, 0.3) is 0 Å². The molecular weight excluding hydrogens is 250 g/mol. The number of hydrogen-bond acceptors (Lipinski definition) is 0. The van der Waals surface area contributed by atoms with Crippen LogP contribution in [0.25, 0.3) is 0 Å². The molecule has 50 valence electrons. The average Bonchev–Trinajstić information content (AvgIpc) is 1.86. The van der Waals surface area contributed by atoms with Crippen LogP contribution in [0, 0.1) is 0 Å². The Morgan fingerprint density at radius 2 is 1.89 bits per heavy atom. The molecule has 1 rings (SSSR count). The van der Waals surface area contributed by atoms with Crippen molar-refractivity contribution in [1.29, 1.82) is 0 Å². The third-order valence-electron chi connectivity index (χ3n) is 0.957. The fraction of sp³-hybridized carbons (Fsp3) is 0.200. The van der Waals surface area contributed by atoms with Gasteiger partial charge < -0.3 is 24.8 Å². The van der Waals surface area contributed by atoms with E-state index in [-0.39, 0.29) is 51.0 Å². The van der Waals surface area contributed by atoms with Crippen LogP contribution < -0.4 is 24.8 Å². The molecule has 0 amide bonds. The van der Waals surface area contributed by atoms with Crippen molar-refractivity contribution in [1.82, 2.24) is 0 Å². The predicted octanol–water partition coefficient (Wildman–Crippen LogP) is -5.80. The summed E-state index contributed by atoms with van der Waals surface area (Å²) in [6.45, 7) is 0. The fourth-order valence-electron chi connectivity index (χ4n) is 0.554. The second kappa shape index (κ2) is 9.16. The first-order valence-electron chi connectivity index (χ1n) is 2.22. The minimum atomic E-state index is 0. The number of hydrogen-bond donors (Lipinski definition) is 0. The van der Waals surface area contributed by atoms with Crippen molar-refractivity contribution in [3.05, 3.63) is 23.4 Å². The molecule has 9 heavy (non-hydrogen) atoms. The van der Waals surface area contributed by atoms with E-state index in [0.29, 0.717) is 0 Å². The van der Waals surface area contributed by atoms with E-state index in [2.05, 4.69) is 18.2 Å². The largest absolute Gasteiger partial charge is 2.00 e. The molecule has 0 bridgehead atoms. The van der Waals surface area contributed by atoms with Crippen LogP contribution in [0.2, 0.25) is 0 Å². The van der Waals surface area contributed by atoms with E-state index >= 15 is 0 Å². The summed E-state index contributed by atoms with van der Waals surface area (Å²) in [6.07, 6.45) is 7.75. The van der Waals surface area contributed by atoms with Gasteiger partial charge in [0, 0.05) is 10.2 Å². The topological polar surface area (TPSA) is 0 Å². The van der Waals surface area contributed by atoms with Gasteiger partial charge in [0.05, 0.1) is 0 Å². The zero-order valence-corrected chi connectivity index (χ0v) is 11.2. The molecule has 1 aliphatic rings. The third kappa shape index (κ3) is 7.05. The Kier molecular flexibility index (Phi) is 16.9. The van der Waals surface area contributed by atoms with E-state index < -0.39 is 0 Å². The van der Waals surface area contributed by atoms with Crippen molar-refractivity contribution >= 4 is 10.2 Å². The normalized spacial score (nSPS) is 12.7. The standard InChI is InChI=1S/C5H8Si.2ClH.Zr/c6-5-3-1-2-4-5;;;/h1-3H,4H2,6H3;2*1H;/q;;;+2/p-2. The van der Waals surface area contributed by atoms with E-state index in [1.165, 1.54) is 16.7 Å². The quantitative estimate of drug-likeness (QED) is 0.380. The molecular formula is C5H8Cl2SiZr. The maximum atomic E-state index is 2.20. The van der Waals surface area contributed by atoms with Crippen molar-refractivity contribution in [3.8, 4) is 0 Å². The Balaban J connectivity index is -0.000000120. The molecule has 0 unspecified atom stereocenters. The van der Waals surface area contributed by atoms with Gasteiger partial charge in [0.2, 0.25) is 0 Å². The molecule has 0 fully saturated rings. The molecule has 0 saturated carbocycles. The summed E-state index contributed by atoms with van der Waals surface area (Å²) in [5.41, 5.74) is 0. The molecule has 0 radical (unpaired) electrons. The maximum Gasteiger partial charge on any atom is 2.00 e. The summed E-state index contributed by atoms with van der Waals surface area (Å²) in [6, 6.07) is 0. The molecule has 0 saturated heterocycles. The number of allylic oxidation sites excluding steroid dienone is 4. The maximum absolute atomic E-state index is 2.20. The number of halogens is 2. The van der Waals surface area contributed by atoms with Gasteiger partial charge in [-0.1, -0.05) is 23.4 Å². The van der Waals surface area contributed by atoms with Crippen LogP contribution in [0.5, 0.6) is 0 Å². The van der Waals surface area contributed by atoms with Crippen molar-refractivity contribution < 1.29 is 51.0 Å². The van der Waals surface area contributed by atoms with Gasteiger partial charge in [-0.2, -0.15) is 0 Å². The van der Waals surface area contributed by atoms with Crippen LogP contribution in [-0.2, 0) is 26.2 Å². The predicted molar refractivity (Wildman–Crippen MR) is 31.8 cm³/mol. The van der Waals surface area contributed by atoms with E-state index in [1.54, 1.807) is 5.20 Å². The van der Waals surface area contributed by atoms with Gasteiger partial charge in [-0.05, 0) is 6.42 Å². The Labute approximate surface area is 90.5 Å². The molecule has 0 aromatic rings. The number of rotatable bonds is 0. The molecule has 1 aliphatic carbocycles. The molecule has 0 aliphatic heterocycles. The Morgan fingerprint density at radius 3 is 2.00 bits per heavy atom. The Morgan fingerprint density at radius 1 is 1.33 bits per heavy atom. The molecule has 4 heteroatoms. The minimum Gasteiger partial charge on any atom is -1.00 e. The second-order valence-corrected chi connectivity index (χ2v) is 2.93.